The molecule has 1 aliphatic rings. The number of aromatic amines is 1. The van der Waals surface area contributed by atoms with Crippen LogP contribution in [0.5, 0.6) is 11.5 Å². The summed E-state index contributed by atoms with van der Waals surface area (Å²) in [7, 11) is -4.91. The van der Waals surface area contributed by atoms with Crippen LogP contribution in [0.3, 0.4) is 0 Å². The van der Waals surface area contributed by atoms with Crippen LogP contribution in [0, 0.1) is 5.82 Å². The van der Waals surface area contributed by atoms with Crippen LogP contribution in [0.2, 0.25) is 0 Å². The van der Waals surface area contributed by atoms with Gasteiger partial charge in [0.1, 0.15) is 29.8 Å². The molecule has 0 radical (unpaired) electrons. The number of ether oxygens (including phenoxy) is 3. The molecule has 222 valence electrons. The van der Waals surface area contributed by atoms with E-state index in [4.69, 9.17) is 14.2 Å². The molecule has 1 saturated heterocycles. The van der Waals surface area contributed by atoms with Gasteiger partial charge in [-0.05, 0) is 29.8 Å². The number of hydrogen-bond acceptors (Lipinski definition) is 10. The molecule has 2 aromatic heterocycles. The number of aliphatic hydroxyl groups excluding tert-OH is 2. The highest BCUT2D eigenvalue weighted by Gasteiger charge is 2.44. The standard InChI is InChI=1S/C25H25FN5O10P/c26-17-7-6-14(10-18(17)40-16-4-2-1-3-5-16)24(42(36,37)38)31-11-15(28-29-31)12-39-13-19-21(33)22(34)23(41-19)30-9-8-20(32)27-25(30)35/h1-11,19,21-24,33-34H,12-13H2,(H,27,32,35)(H2,36,37,38)/t19-,21-,22-,23-,24?/m1/s1. The Hall–Kier alpha value is -4.02. The molecule has 0 spiro atoms. The molecule has 4 aromatic rings. The summed E-state index contributed by atoms with van der Waals surface area (Å²) < 4.78 is 45.4. The van der Waals surface area contributed by atoms with E-state index in [-0.39, 0.29) is 30.2 Å². The van der Waals surface area contributed by atoms with E-state index >= 15 is 0 Å². The van der Waals surface area contributed by atoms with Crippen molar-refractivity contribution < 1.29 is 43.2 Å². The number of hydrogen-bond donors (Lipinski definition) is 5. The predicted molar refractivity (Wildman–Crippen MR) is 140 cm³/mol. The summed E-state index contributed by atoms with van der Waals surface area (Å²) in [6.07, 6.45) is -2.93. The Morgan fingerprint density at radius 3 is 2.57 bits per heavy atom. The molecule has 0 aliphatic carbocycles. The summed E-state index contributed by atoms with van der Waals surface area (Å²) in [5, 5.41) is 28.4. The molecular weight excluding hydrogens is 580 g/mol. The van der Waals surface area contributed by atoms with Crippen molar-refractivity contribution in [2.75, 3.05) is 6.61 Å². The first-order chi connectivity index (χ1) is 20.0. The fraction of sp³-hybridized carbons (Fsp3) is 0.280. The Morgan fingerprint density at radius 2 is 1.86 bits per heavy atom. The van der Waals surface area contributed by atoms with Gasteiger partial charge in [-0.3, -0.25) is 18.9 Å². The van der Waals surface area contributed by atoms with Crippen molar-refractivity contribution in [2.24, 2.45) is 0 Å². The molecule has 2 aromatic carbocycles. The molecular formula is C25H25FN5O10P. The number of benzene rings is 2. The summed E-state index contributed by atoms with van der Waals surface area (Å²) in [5.41, 5.74) is -1.32. The van der Waals surface area contributed by atoms with Gasteiger partial charge in [-0.1, -0.05) is 29.5 Å². The molecule has 5 atom stereocenters. The quantitative estimate of drug-likeness (QED) is 0.158. The minimum Gasteiger partial charge on any atom is -0.454 e. The number of H-pyrrole nitrogens is 1. The van der Waals surface area contributed by atoms with Crippen molar-refractivity contribution in [3.05, 3.63) is 105 Å². The van der Waals surface area contributed by atoms with Crippen LogP contribution in [0.25, 0.3) is 0 Å². The fourth-order valence-electron chi connectivity index (χ4n) is 4.38. The molecule has 5 rings (SSSR count). The summed E-state index contributed by atoms with van der Waals surface area (Å²) in [6.45, 7) is -0.495. The van der Waals surface area contributed by atoms with Crippen molar-refractivity contribution in [1.29, 1.82) is 0 Å². The van der Waals surface area contributed by atoms with Crippen LogP contribution in [0.4, 0.5) is 4.39 Å². The average Bonchev–Trinajstić information content (AvgIpc) is 3.50. The van der Waals surface area contributed by atoms with Crippen LogP contribution in [0.15, 0.2) is 76.6 Å². The smallest absolute Gasteiger partial charge is 0.354 e. The Labute approximate surface area is 235 Å². The summed E-state index contributed by atoms with van der Waals surface area (Å²) >= 11 is 0. The van der Waals surface area contributed by atoms with E-state index in [1.54, 1.807) is 30.3 Å². The van der Waals surface area contributed by atoms with Gasteiger partial charge in [0.05, 0.1) is 19.4 Å². The zero-order valence-corrected chi connectivity index (χ0v) is 22.4. The first-order valence-corrected chi connectivity index (χ1v) is 14.1. The second-order valence-corrected chi connectivity index (χ2v) is 11.0. The Balaban J connectivity index is 1.27. The monoisotopic (exact) mass is 605 g/mol. The second kappa shape index (κ2) is 12.1. The number of para-hydroxylation sites is 1. The predicted octanol–water partition coefficient (Wildman–Crippen LogP) is 0.620. The van der Waals surface area contributed by atoms with Crippen LogP contribution in [-0.2, 0) is 20.6 Å². The average molecular weight is 605 g/mol. The Kier molecular flexibility index (Phi) is 8.47. The maximum Gasteiger partial charge on any atom is 0.354 e. The molecule has 3 heterocycles. The zero-order chi connectivity index (χ0) is 30.0. The van der Waals surface area contributed by atoms with Crippen LogP contribution >= 0.6 is 7.60 Å². The van der Waals surface area contributed by atoms with Crippen molar-refractivity contribution in [3.63, 3.8) is 0 Å². The highest BCUT2D eigenvalue weighted by Crippen LogP contribution is 2.52. The van der Waals surface area contributed by atoms with Gasteiger partial charge in [0, 0.05) is 12.3 Å². The lowest BCUT2D eigenvalue weighted by Crippen LogP contribution is -2.37. The Bertz CT molecular complexity index is 1710. The van der Waals surface area contributed by atoms with Crippen LogP contribution in [-0.4, -0.2) is 69.5 Å². The van der Waals surface area contributed by atoms with Crippen molar-refractivity contribution >= 4 is 7.60 Å². The van der Waals surface area contributed by atoms with E-state index in [0.29, 0.717) is 5.75 Å². The normalized spacial score (nSPS) is 21.4. The summed E-state index contributed by atoms with van der Waals surface area (Å²) in [6, 6.07) is 12.7. The van der Waals surface area contributed by atoms with Crippen molar-refractivity contribution in [2.45, 2.75) is 36.9 Å². The molecule has 1 fully saturated rings. The topological polar surface area (TPSA) is 211 Å². The van der Waals surface area contributed by atoms with Crippen LogP contribution in [0.1, 0.15) is 23.3 Å². The first kappa shape index (κ1) is 29.5. The molecule has 0 saturated carbocycles. The largest absolute Gasteiger partial charge is 0.454 e. The maximum absolute atomic E-state index is 14.5. The first-order valence-electron chi connectivity index (χ1n) is 12.4. The lowest BCUT2D eigenvalue weighted by atomic mass is 10.1. The number of aromatic nitrogens is 5. The number of halogens is 1. The van der Waals surface area contributed by atoms with Gasteiger partial charge < -0.3 is 34.2 Å². The van der Waals surface area contributed by atoms with Gasteiger partial charge in [-0.25, -0.2) is 13.9 Å². The molecule has 17 heteroatoms. The fourth-order valence-corrected chi connectivity index (χ4v) is 5.35. The van der Waals surface area contributed by atoms with E-state index in [2.05, 4.69) is 10.3 Å². The van der Waals surface area contributed by atoms with Crippen molar-refractivity contribution in [1.82, 2.24) is 24.5 Å². The van der Waals surface area contributed by atoms with E-state index < -0.39 is 55.0 Å². The van der Waals surface area contributed by atoms with E-state index in [9.17, 15) is 38.5 Å². The highest BCUT2D eigenvalue weighted by molar-refractivity contribution is 7.52. The lowest BCUT2D eigenvalue weighted by molar-refractivity contribution is -0.0714. The highest BCUT2D eigenvalue weighted by atomic mass is 31.2. The van der Waals surface area contributed by atoms with Gasteiger partial charge in [0.15, 0.2) is 23.6 Å². The van der Waals surface area contributed by atoms with E-state index in [1.165, 1.54) is 12.3 Å². The summed E-state index contributed by atoms with van der Waals surface area (Å²) in [4.78, 5) is 45.6. The SMILES string of the molecule is O=c1ccn([C@@H]2O[C@H](COCc3cn(C(c4ccc(F)c(Oc5ccccc5)c4)P(=O)(O)O)nn3)[C@@H](O)[C@H]2O)c(=O)[nH]1. The lowest BCUT2D eigenvalue weighted by Gasteiger charge is -2.19. The number of nitrogens with zero attached hydrogens (tertiary/aromatic N) is 4. The maximum atomic E-state index is 14.5. The number of aliphatic hydroxyl groups is 2. The van der Waals surface area contributed by atoms with Gasteiger partial charge in [0.2, 0.25) is 0 Å². The van der Waals surface area contributed by atoms with Gasteiger partial charge >= 0.3 is 13.3 Å². The van der Waals surface area contributed by atoms with Crippen molar-refractivity contribution in [3.8, 4) is 11.5 Å². The molecule has 0 amide bonds. The molecule has 1 unspecified atom stereocenters. The third-order valence-electron chi connectivity index (χ3n) is 6.35. The van der Waals surface area contributed by atoms with Gasteiger partial charge in [-0.2, -0.15) is 0 Å². The minimum atomic E-state index is -4.91. The van der Waals surface area contributed by atoms with Gasteiger partial charge in [0.25, 0.3) is 5.56 Å². The third-order valence-corrected chi connectivity index (χ3v) is 7.52. The minimum absolute atomic E-state index is 0.00744. The number of nitrogens with one attached hydrogen (secondary N) is 1. The molecule has 15 nitrogen and oxygen atoms in total. The second-order valence-electron chi connectivity index (χ2n) is 9.34. The summed E-state index contributed by atoms with van der Waals surface area (Å²) in [5.74, 6) is -2.33. The zero-order valence-electron chi connectivity index (χ0n) is 21.5. The molecule has 42 heavy (non-hydrogen) atoms. The molecule has 1 aliphatic heterocycles. The third kappa shape index (κ3) is 6.39. The molecule has 0 bridgehead atoms. The van der Waals surface area contributed by atoms with Crippen LogP contribution < -0.4 is 16.0 Å². The molecule has 5 N–H and O–H groups in total. The van der Waals surface area contributed by atoms with E-state index in [1.807, 2.05) is 4.98 Å². The Morgan fingerprint density at radius 1 is 1.10 bits per heavy atom. The van der Waals surface area contributed by atoms with Gasteiger partial charge in [-0.15, -0.1) is 5.10 Å². The number of rotatable bonds is 10. The van der Waals surface area contributed by atoms with E-state index in [0.717, 1.165) is 33.6 Å².